The SMILES string of the molecule is COc1ccc([N+](=O)[O-])cc1NC(=O)[C@H](C)N(c1ccc(C)c(C)c1)S(C)(=O)=O. The highest BCUT2D eigenvalue weighted by Gasteiger charge is 2.30. The number of aryl methyl sites for hydroxylation is 2. The van der Waals surface area contributed by atoms with E-state index in [1.165, 1.54) is 26.2 Å². The van der Waals surface area contributed by atoms with E-state index in [9.17, 15) is 23.3 Å². The van der Waals surface area contributed by atoms with Crippen molar-refractivity contribution < 1.29 is 22.9 Å². The summed E-state index contributed by atoms with van der Waals surface area (Å²) in [5.41, 5.74) is 2.06. The normalized spacial score (nSPS) is 12.2. The summed E-state index contributed by atoms with van der Waals surface area (Å²) in [6, 6.07) is 7.73. The van der Waals surface area contributed by atoms with Crippen molar-refractivity contribution in [3.8, 4) is 5.75 Å². The second kappa shape index (κ2) is 8.48. The molecule has 2 aromatic rings. The van der Waals surface area contributed by atoms with Gasteiger partial charge < -0.3 is 10.1 Å². The number of anilines is 2. The summed E-state index contributed by atoms with van der Waals surface area (Å²) >= 11 is 0. The summed E-state index contributed by atoms with van der Waals surface area (Å²) in [5.74, 6) is -0.444. The minimum absolute atomic E-state index is 0.0760. The number of non-ortho nitro benzene ring substituents is 1. The van der Waals surface area contributed by atoms with Crippen molar-refractivity contribution in [2.75, 3.05) is 23.0 Å². The van der Waals surface area contributed by atoms with Crippen LogP contribution in [-0.2, 0) is 14.8 Å². The second-order valence-corrected chi connectivity index (χ2v) is 8.49. The first-order valence-electron chi connectivity index (χ1n) is 8.65. The second-order valence-electron chi connectivity index (χ2n) is 6.63. The Morgan fingerprint density at radius 3 is 2.34 bits per heavy atom. The summed E-state index contributed by atoms with van der Waals surface area (Å²) < 4.78 is 31.0. The molecule has 2 aromatic carbocycles. The van der Waals surface area contributed by atoms with E-state index < -0.39 is 26.9 Å². The minimum atomic E-state index is -3.79. The molecule has 0 unspecified atom stereocenters. The van der Waals surface area contributed by atoms with E-state index in [-0.39, 0.29) is 17.1 Å². The van der Waals surface area contributed by atoms with Crippen LogP contribution in [0.2, 0.25) is 0 Å². The summed E-state index contributed by atoms with van der Waals surface area (Å²) in [6.07, 6.45) is 1.01. The van der Waals surface area contributed by atoms with E-state index in [1.54, 1.807) is 18.2 Å². The summed E-state index contributed by atoms with van der Waals surface area (Å²) in [7, 11) is -2.43. The number of rotatable bonds is 7. The number of nitrogens with one attached hydrogen (secondary N) is 1. The van der Waals surface area contributed by atoms with Crippen molar-refractivity contribution in [3.05, 3.63) is 57.6 Å². The Morgan fingerprint density at radius 2 is 1.83 bits per heavy atom. The lowest BCUT2D eigenvalue weighted by atomic mass is 10.1. The number of nitro benzene ring substituents is 1. The van der Waals surface area contributed by atoms with E-state index in [0.29, 0.717) is 5.69 Å². The van der Waals surface area contributed by atoms with Gasteiger partial charge in [-0.05, 0) is 50.1 Å². The van der Waals surface area contributed by atoms with Crippen LogP contribution in [0.4, 0.5) is 17.1 Å². The van der Waals surface area contributed by atoms with E-state index in [4.69, 9.17) is 4.74 Å². The van der Waals surface area contributed by atoms with Gasteiger partial charge in [0.25, 0.3) is 5.69 Å². The Morgan fingerprint density at radius 1 is 1.17 bits per heavy atom. The Hall–Kier alpha value is -3.14. The lowest BCUT2D eigenvalue weighted by Crippen LogP contribution is -2.45. The van der Waals surface area contributed by atoms with Crippen LogP contribution in [0.1, 0.15) is 18.1 Å². The van der Waals surface area contributed by atoms with Gasteiger partial charge in [-0.2, -0.15) is 0 Å². The first-order valence-corrected chi connectivity index (χ1v) is 10.5. The number of carbonyl (C=O) groups excluding carboxylic acids is 1. The van der Waals surface area contributed by atoms with Crippen molar-refractivity contribution >= 4 is 33.0 Å². The zero-order valence-corrected chi connectivity index (χ0v) is 17.6. The molecule has 10 heteroatoms. The van der Waals surface area contributed by atoms with Crippen LogP contribution in [0.5, 0.6) is 5.75 Å². The number of nitro groups is 1. The lowest BCUT2D eigenvalue weighted by molar-refractivity contribution is -0.384. The van der Waals surface area contributed by atoms with Gasteiger partial charge in [-0.3, -0.25) is 19.2 Å². The van der Waals surface area contributed by atoms with E-state index >= 15 is 0 Å². The van der Waals surface area contributed by atoms with Crippen molar-refractivity contribution in [3.63, 3.8) is 0 Å². The molecule has 1 atom stereocenters. The minimum Gasteiger partial charge on any atom is -0.495 e. The molecule has 0 saturated carbocycles. The molecule has 1 amide bonds. The van der Waals surface area contributed by atoms with Gasteiger partial charge in [0, 0.05) is 12.1 Å². The largest absolute Gasteiger partial charge is 0.495 e. The molecule has 0 aliphatic carbocycles. The monoisotopic (exact) mass is 421 g/mol. The van der Waals surface area contributed by atoms with E-state index in [2.05, 4.69) is 5.32 Å². The standard InChI is InChI=1S/C19H23N3O6S/c1-12-6-7-15(10-13(12)2)21(29(5,26)27)14(3)19(23)20-17-11-16(22(24)25)8-9-18(17)28-4/h6-11,14H,1-5H3,(H,20,23)/t14-/m0/s1. The van der Waals surface area contributed by atoms with Gasteiger partial charge in [0.05, 0.1) is 29.7 Å². The van der Waals surface area contributed by atoms with Crippen molar-refractivity contribution in [1.82, 2.24) is 0 Å². The quantitative estimate of drug-likeness (QED) is 0.542. The van der Waals surface area contributed by atoms with Crippen molar-refractivity contribution in [1.29, 1.82) is 0 Å². The maximum atomic E-state index is 12.8. The summed E-state index contributed by atoms with van der Waals surface area (Å²) in [4.78, 5) is 23.3. The van der Waals surface area contributed by atoms with E-state index in [1.807, 2.05) is 13.8 Å². The van der Waals surface area contributed by atoms with Crippen LogP contribution in [0, 0.1) is 24.0 Å². The molecule has 0 radical (unpaired) electrons. The summed E-state index contributed by atoms with van der Waals surface area (Å²) in [6.45, 7) is 5.18. The van der Waals surface area contributed by atoms with Crippen molar-refractivity contribution in [2.24, 2.45) is 0 Å². The predicted octanol–water partition coefficient (Wildman–Crippen LogP) is 3.01. The van der Waals surface area contributed by atoms with Crippen LogP contribution < -0.4 is 14.4 Å². The topological polar surface area (TPSA) is 119 Å². The molecule has 0 heterocycles. The lowest BCUT2D eigenvalue weighted by Gasteiger charge is -2.28. The fraction of sp³-hybridized carbons (Fsp3) is 0.316. The number of amides is 1. The van der Waals surface area contributed by atoms with Crippen LogP contribution in [0.3, 0.4) is 0 Å². The third-order valence-electron chi connectivity index (χ3n) is 4.49. The number of benzene rings is 2. The fourth-order valence-corrected chi connectivity index (χ4v) is 3.98. The number of ether oxygens (including phenoxy) is 1. The zero-order valence-electron chi connectivity index (χ0n) is 16.8. The first-order chi connectivity index (χ1) is 13.5. The third kappa shape index (κ3) is 5.02. The van der Waals surface area contributed by atoms with Gasteiger partial charge in [0.1, 0.15) is 11.8 Å². The highest BCUT2D eigenvalue weighted by Crippen LogP contribution is 2.30. The van der Waals surface area contributed by atoms with Crippen LogP contribution >= 0.6 is 0 Å². The predicted molar refractivity (Wildman–Crippen MR) is 111 cm³/mol. The number of carbonyl (C=O) groups is 1. The fourth-order valence-electron chi connectivity index (χ4n) is 2.82. The Bertz CT molecular complexity index is 1050. The summed E-state index contributed by atoms with van der Waals surface area (Å²) in [5, 5.41) is 13.6. The van der Waals surface area contributed by atoms with Crippen LogP contribution in [0.15, 0.2) is 36.4 Å². The highest BCUT2D eigenvalue weighted by molar-refractivity contribution is 7.92. The Labute approximate surface area is 169 Å². The number of nitrogens with zero attached hydrogens (tertiary/aromatic N) is 2. The zero-order chi connectivity index (χ0) is 21.9. The number of sulfonamides is 1. The molecule has 1 N–H and O–H groups in total. The van der Waals surface area contributed by atoms with E-state index in [0.717, 1.165) is 27.8 Å². The van der Waals surface area contributed by atoms with Gasteiger partial charge in [-0.1, -0.05) is 6.07 Å². The third-order valence-corrected chi connectivity index (χ3v) is 5.73. The van der Waals surface area contributed by atoms with Gasteiger partial charge in [0.2, 0.25) is 15.9 Å². The van der Waals surface area contributed by atoms with Crippen LogP contribution in [-0.4, -0.2) is 38.7 Å². The molecule has 0 aromatic heterocycles. The number of hydrogen-bond acceptors (Lipinski definition) is 6. The average Bonchev–Trinajstić information content (AvgIpc) is 2.63. The maximum absolute atomic E-state index is 12.8. The molecular weight excluding hydrogens is 398 g/mol. The molecule has 2 rings (SSSR count). The number of methoxy groups -OCH3 is 1. The molecule has 0 aliphatic rings. The van der Waals surface area contributed by atoms with Gasteiger partial charge in [-0.15, -0.1) is 0 Å². The maximum Gasteiger partial charge on any atom is 0.271 e. The number of hydrogen-bond donors (Lipinski definition) is 1. The molecule has 0 saturated heterocycles. The molecule has 0 bridgehead atoms. The highest BCUT2D eigenvalue weighted by atomic mass is 32.2. The Balaban J connectivity index is 2.41. The molecule has 156 valence electrons. The molecule has 0 spiro atoms. The van der Waals surface area contributed by atoms with Gasteiger partial charge >= 0.3 is 0 Å². The molecule has 0 fully saturated rings. The molecular formula is C19H23N3O6S. The van der Waals surface area contributed by atoms with Crippen molar-refractivity contribution in [2.45, 2.75) is 26.8 Å². The van der Waals surface area contributed by atoms with Gasteiger partial charge in [0.15, 0.2) is 0 Å². The first kappa shape index (κ1) is 22.2. The molecule has 9 nitrogen and oxygen atoms in total. The Kier molecular flexibility index (Phi) is 6.48. The molecule has 29 heavy (non-hydrogen) atoms. The molecule has 0 aliphatic heterocycles. The smallest absolute Gasteiger partial charge is 0.271 e. The average molecular weight is 421 g/mol. The van der Waals surface area contributed by atoms with Gasteiger partial charge in [-0.25, -0.2) is 8.42 Å². The van der Waals surface area contributed by atoms with Crippen LogP contribution in [0.25, 0.3) is 0 Å².